The van der Waals surface area contributed by atoms with E-state index in [1.54, 1.807) is 12.0 Å². The predicted molar refractivity (Wildman–Crippen MR) is 124 cm³/mol. The average molecular weight is 447 g/mol. The van der Waals surface area contributed by atoms with Gasteiger partial charge in [-0.05, 0) is 62.6 Å². The van der Waals surface area contributed by atoms with Gasteiger partial charge in [0.05, 0.1) is 7.11 Å². The van der Waals surface area contributed by atoms with Gasteiger partial charge in [-0.3, -0.25) is 9.59 Å². The van der Waals surface area contributed by atoms with Crippen molar-refractivity contribution in [2.24, 2.45) is 0 Å². The SMILES string of the molecule is COc1ccc(C(C(=O)NC2CCCCC2)N(CCC2=CCCCC2)C(=O)CCl)cc1. The Bertz CT molecular complexity index is 757. The predicted octanol–water partition coefficient (Wildman–Crippen LogP) is 5.14. The van der Waals surface area contributed by atoms with Gasteiger partial charge in [0.25, 0.3) is 0 Å². The number of halogens is 1. The quantitative estimate of drug-likeness (QED) is 0.422. The van der Waals surface area contributed by atoms with E-state index in [2.05, 4.69) is 11.4 Å². The zero-order valence-corrected chi connectivity index (χ0v) is 19.3. The molecule has 0 bridgehead atoms. The molecule has 1 unspecified atom stereocenters. The topological polar surface area (TPSA) is 58.6 Å². The first-order valence-electron chi connectivity index (χ1n) is 11.6. The van der Waals surface area contributed by atoms with Crippen molar-refractivity contribution in [3.05, 3.63) is 41.5 Å². The zero-order chi connectivity index (χ0) is 22.1. The number of benzene rings is 1. The number of amides is 2. The third kappa shape index (κ3) is 6.73. The summed E-state index contributed by atoms with van der Waals surface area (Å²) in [6, 6.07) is 6.91. The number of nitrogens with one attached hydrogen (secondary N) is 1. The van der Waals surface area contributed by atoms with Gasteiger partial charge in [-0.25, -0.2) is 0 Å². The molecule has 1 aromatic carbocycles. The fraction of sp³-hybridized carbons (Fsp3) is 0.600. The molecule has 1 fully saturated rings. The molecule has 5 nitrogen and oxygen atoms in total. The van der Waals surface area contributed by atoms with E-state index in [9.17, 15) is 9.59 Å². The fourth-order valence-corrected chi connectivity index (χ4v) is 4.81. The number of ether oxygens (including phenoxy) is 1. The number of alkyl halides is 1. The third-order valence-electron chi connectivity index (χ3n) is 6.44. The molecule has 0 heterocycles. The molecule has 3 rings (SSSR count). The number of hydrogen-bond acceptors (Lipinski definition) is 3. The van der Waals surface area contributed by atoms with Gasteiger partial charge in [0, 0.05) is 12.6 Å². The van der Waals surface area contributed by atoms with Crippen LogP contribution in [0.3, 0.4) is 0 Å². The molecule has 0 aliphatic heterocycles. The molecule has 0 spiro atoms. The summed E-state index contributed by atoms with van der Waals surface area (Å²) in [6.45, 7) is 0.492. The van der Waals surface area contributed by atoms with E-state index in [4.69, 9.17) is 16.3 Å². The van der Waals surface area contributed by atoms with Crippen LogP contribution in [0.1, 0.15) is 75.8 Å². The number of carbonyl (C=O) groups is 2. The summed E-state index contributed by atoms with van der Waals surface area (Å²) in [5.41, 5.74) is 2.16. The number of hydrogen-bond donors (Lipinski definition) is 1. The molecular formula is C25H35ClN2O3. The van der Waals surface area contributed by atoms with Gasteiger partial charge in [0.2, 0.25) is 11.8 Å². The molecule has 1 saturated carbocycles. The molecule has 0 aromatic heterocycles. The van der Waals surface area contributed by atoms with Gasteiger partial charge in [-0.2, -0.15) is 0 Å². The minimum absolute atomic E-state index is 0.117. The Morgan fingerprint density at radius 3 is 2.48 bits per heavy atom. The Morgan fingerprint density at radius 1 is 1.13 bits per heavy atom. The van der Waals surface area contributed by atoms with Crippen molar-refractivity contribution in [2.45, 2.75) is 76.3 Å². The van der Waals surface area contributed by atoms with Crippen LogP contribution in [-0.4, -0.2) is 42.3 Å². The standard InChI is InChI=1S/C25H35ClN2O3/c1-31-22-14-12-20(13-15-22)24(25(30)27-21-10-6-3-7-11-21)28(23(29)18-26)17-16-19-8-4-2-5-9-19/h8,12-15,21,24H,2-7,9-11,16-18H2,1H3,(H,27,30). The van der Waals surface area contributed by atoms with E-state index in [1.165, 1.54) is 24.8 Å². The molecule has 0 radical (unpaired) electrons. The number of rotatable bonds is 9. The highest BCUT2D eigenvalue weighted by molar-refractivity contribution is 6.27. The second-order valence-electron chi connectivity index (χ2n) is 8.60. The van der Waals surface area contributed by atoms with Crippen LogP contribution < -0.4 is 10.1 Å². The van der Waals surface area contributed by atoms with Crippen LogP contribution >= 0.6 is 11.6 Å². The number of carbonyl (C=O) groups excluding carboxylic acids is 2. The summed E-state index contributed by atoms with van der Waals surface area (Å²) in [7, 11) is 1.61. The van der Waals surface area contributed by atoms with Crippen molar-refractivity contribution in [1.29, 1.82) is 0 Å². The Balaban J connectivity index is 1.84. The largest absolute Gasteiger partial charge is 0.497 e. The molecular weight excluding hydrogens is 412 g/mol. The molecule has 1 aromatic rings. The van der Waals surface area contributed by atoms with Crippen molar-refractivity contribution in [3.8, 4) is 5.75 Å². The normalized spacial score (nSPS) is 18.1. The summed E-state index contributed by atoms with van der Waals surface area (Å²) in [4.78, 5) is 28.0. The van der Waals surface area contributed by atoms with Crippen LogP contribution in [0.15, 0.2) is 35.9 Å². The number of methoxy groups -OCH3 is 1. The molecule has 2 amide bonds. The van der Waals surface area contributed by atoms with Crippen molar-refractivity contribution < 1.29 is 14.3 Å². The molecule has 2 aliphatic carbocycles. The van der Waals surface area contributed by atoms with Gasteiger partial charge in [0.1, 0.15) is 17.7 Å². The Morgan fingerprint density at radius 2 is 1.87 bits per heavy atom. The van der Waals surface area contributed by atoms with Crippen molar-refractivity contribution in [1.82, 2.24) is 10.2 Å². The van der Waals surface area contributed by atoms with Gasteiger partial charge in [-0.1, -0.05) is 43.0 Å². The van der Waals surface area contributed by atoms with E-state index in [-0.39, 0.29) is 23.7 Å². The van der Waals surface area contributed by atoms with Crippen molar-refractivity contribution >= 4 is 23.4 Å². The summed E-state index contributed by atoms with van der Waals surface area (Å²) in [5.74, 6) is 0.256. The van der Waals surface area contributed by atoms with Crippen LogP contribution in [0.2, 0.25) is 0 Å². The highest BCUT2D eigenvalue weighted by Crippen LogP contribution is 2.28. The van der Waals surface area contributed by atoms with E-state index in [0.29, 0.717) is 6.54 Å². The lowest BCUT2D eigenvalue weighted by Gasteiger charge is -2.33. The molecule has 170 valence electrons. The summed E-state index contributed by atoms with van der Waals surface area (Å²) in [5, 5.41) is 3.22. The van der Waals surface area contributed by atoms with Crippen molar-refractivity contribution in [2.75, 3.05) is 19.5 Å². The molecule has 2 aliphatic rings. The van der Waals surface area contributed by atoms with E-state index < -0.39 is 6.04 Å². The summed E-state index contributed by atoms with van der Waals surface area (Å²) in [6.07, 6.45) is 13.2. The first-order valence-corrected chi connectivity index (χ1v) is 12.1. The molecule has 1 atom stereocenters. The zero-order valence-electron chi connectivity index (χ0n) is 18.6. The van der Waals surface area contributed by atoms with Gasteiger partial charge >= 0.3 is 0 Å². The summed E-state index contributed by atoms with van der Waals surface area (Å²) >= 11 is 5.99. The molecule has 31 heavy (non-hydrogen) atoms. The number of allylic oxidation sites excluding steroid dienone is 1. The van der Waals surface area contributed by atoms with Crippen molar-refractivity contribution in [3.63, 3.8) is 0 Å². The Labute approximate surface area is 191 Å². The molecule has 6 heteroatoms. The lowest BCUT2D eigenvalue weighted by Crippen LogP contribution is -2.47. The Hall–Kier alpha value is -2.01. The van der Waals surface area contributed by atoms with E-state index in [0.717, 1.165) is 56.3 Å². The second kappa shape index (κ2) is 12.1. The van der Waals surface area contributed by atoms with Crippen LogP contribution in [0.25, 0.3) is 0 Å². The maximum absolute atomic E-state index is 13.5. The monoisotopic (exact) mass is 446 g/mol. The first kappa shape index (κ1) is 23.6. The van der Waals surface area contributed by atoms with Gasteiger partial charge in [0.15, 0.2) is 0 Å². The van der Waals surface area contributed by atoms with Crippen LogP contribution in [0.5, 0.6) is 5.75 Å². The molecule has 0 saturated heterocycles. The lowest BCUT2D eigenvalue weighted by molar-refractivity contribution is -0.139. The Kier molecular flexibility index (Phi) is 9.26. The first-order chi connectivity index (χ1) is 15.1. The smallest absolute Gasteiger partial charge is 0.247 e. The van der Waals surface area contributed by atoms with E-state index >= 15 is 0 Å². The number of nitrogens with zero attached hydrogens (tertiary/aromatic N) is 1. The van der Waals surface area contributed by atoms with Gasteiger partial charge < -0.3 is 15.0 Å². The maximum Gasteiger partial charge on any atom is 0.247 e. The minimum Gasteiger partial charge on any atom is -0.497 e. The highest BCUT2D eigenvalue weighted by Gasteiger charge is 2.32. The van der Waals surface area contributed by atoms with E-state index in [1.807, 2.05) is 24.3 Å². The van der Waals surface area contributed by atoms with Gasteiger partial charge in [-0.15, -0.1) is 11.6 Å². The third-order valence-corrected chi connectivity index (χ3v) is 6.67. The molecule has 1 N–H and O–H groups in total. The van der Waals surface area contributed by atoms with Crippen LogP contribution in [-0.2, 0) is 9.59 Å². The average Bonchev–Trinajstić information content (AvgIpc) is 2.82. The lowest BCUT2D eigenvalue weighted by atomic mass is 9.94. The second-order valence-corrected chi connectivity index (χ2v) is 8.87. The maximum atomic E-state index is 13.5. The summed E-state index contributed by atoms with van der Waals surface area (Å²) < 4.78 is 5.28. The highest BCUT2D eigenvalue weighted by atomic mass is 35.5. The fourth-order valence-electron chi connectivity index (χ4n) is 4.66. The minimum atomic E-state index is -0.691. The van der Waals surface area contributed by atoms with Crippen LogP contribution in [0, 0.1) is 0 Å². The van der Waals surface area contributed by atoms with Crippen LogP contribution in [0.4, 0.5) is 0 Å².